The van der Waals surface area contributed by atoms with Crippen molar-refractivity contribution < 1.29 is 0 Å². The molecule has 1 heterocycles. The van der Waals surface area contributed by atoms with Crippen LogP contribution in [0.4, 0.5) is 10.8 Å². The minimum absolute atomic E-state index is 0.0615. The summed E-state index contributed by atoms with van der Waals surface area (Å²) in [6, 6.07) is 7.32. The van der Waals surface area contributed by atoms with E-state index >= 15 is 0 Å². The molecular formula is C11H10N8S. The van der Waals surface area contributed by atoms with Crippen LogP contribution in [0.5, 0.6) is 0 Å². The Balaban J connectivity index is 2.25. The molecule has 0 spiro atoms. The summed E-state index contributed by atoms with van der Waals surface area (Å²) >= 11 is 1.26. The molecule has 0 unspecified atom stereocenters. The first-order chi connectivity index (χ1) is 9.69. The number of hydrogen-bond donors (Lipinski definition) is 3. The maximum Gasteiger partial charge on any atom is 0.235 e. The van der Waals surface area contributed by atoms with Gasteiger partial charge in [0.15, 0.2) is 12.2 Å². The van der Waals surface area contributed by atoms with Gasteiger partial charge in [0.1, 0.15) is 11.3 Å². The quantitative estimate of drug-likeness (QED) is 0.329. The first-order valence-electron chi connectivity index (χ1n) is 5.40. The van der Waals surface area contributed by atoms with Gasteiger partial charge in [0, 0.05) is 5.56 Å². The van der Waals surface area contributed by atoms with Gasteiger partial charge in [-0.15, -0.1) is 10.2 Å². The van der Waals surface area contributed by atoms with Crippen LogP contribution < -0.4 is 16.8 Å². The molecule has 20 heavy (non-hydrogen) atoms. The highest BCUT2D eigenvalue weighted by Gasteiger charge is 2.06. The predicted octanol–water partition coefficient (Wildman–Crippen LogP) is 0.840. The molecule has 5 N–H and O–H groups in total. The van der Waals surface area contributed by atoms with E-state index in [9.17, 15) is 0 Å². The van der Waals surface area contributed by atoms with Crippen LogP contribution in [-0.2, 0) is 0 Å². The molecule has 1 aromatic carbocycles. The fourth-order valence-corrected chi connectivity index (χ4v) is 2.07. The Morgan fingerprint density at radius 2 is 2.25 bits per heavy atom. The topological polar surface area (TPSA) is 138 Å². The third-order valence-electron chi connectivity index (χ3n) is 2.07. The molecule has 0 aliphatic carbocycles. The maximum atomic E-state index is 8.35. The Hall–Kier alpha value is -2.99. The van der Waals surface area contributed by atoms with Crippen LogP contribution >= 0.6 is 11.3 Å². The molecular weight excluding hydrogens is 276 g/mol. The normalized spacial score (nSPS) is 10.2. The fourth-order valence-electron chi connectivity index (χ4n) is 1.34. The van der Waals surface area contributed by atoms with Crippen LogP contribution in [0.25, 0.3) is 10.6 Å². The molecule has 0 fully saturated rings. The van der Waals surface area contributed by atoms with Crippen LogP contribution in [-0.4, -0.2) is 22.5 Å². The number of benzene rings is 1. The molecule has 100 valence electrons. The van der Waals surface area contributed by atoms with E-state index in [1.54, 1.807) is 12.3 Å². The number of aliphatic imine (C=N–C) groups is 2. The number of aromatic nitrogens is 2. The van der Waals surface area contributed by atoms with E-state index in [0.717, 1.165) is 5.56 Å². The van der Waals surface area contributed by atoms with Crippen LogP contribution in [0.1, 0.15) is 0 Å². The predicted molar refractivity (Wildman–Crippen MR) is 77.7 cm³/mol. The Labute approximate surface area is 118 Å². The highest BCUT2D eigenvalue weighted by atomic mass is 32.1. The van der Waals surface area contributed by atoms with Gasteiger partial charge in [-0.1, -0.05) is 23.5 Å². The third kappa shape index (κ3) is 3.50. The van der Waals surface area contributed by atoms with Crippen molar-refractivity contribution in [3.8, 4) is 16.8 Å². The number of nitrogens with one attached hydrogen (secondary N) is 1. The van der Waals surface area contributed by atoms with Gasteiger partial charge in [-0.25, -0.2) is 4.99 Å². The molecule has 0 aliphatic heterocycles. The number of nitrogens with two attached hydrogens (primary N) is 2. The third-order valence-corrected chi connectivity index (χ3v) is 2.94. The van der Waals surface area contributed by atoms with Gasteiger partial charge in [0.05, 0.1) is 5.69 Å². The molecule has 0 radical (unpaired) electrons. The summed E-state index contributed by atoms with van der Waals surface area (Å²) in [5, 5.41) is 19.6. The van der Waals surface area contributed by atoms with Crippen molar-refractivity contribution in [3.05, 3.63) is 24.3 Å². The van der Waals surface area contributed by atoms with E-state index in [1.165, 1.54) is 17.7 Å². The van der Waals surface area contributed by atoms with E-state index in [4.69, 9.17) is 16.7 Å². The average molecular weight is 286 g/mol. The van der Waals surface area contributed by atoms with E-state index in [-0.39, 0.29) is 5.96 Å². The summed E-state index contributed by atoms with van der Waals surface area (Å²) in [6.45, 7) is 0. The van der Waals surface area contributed by atoms with Gasteiger partial charge < -0.3 is 11.5 Å². The van der Waals surface area contributed by atoms with E-state index in [1.807, 2.05) is 18.2 Å². The van der Waals surface area contributed by atoms with Crippen molar-refractivity contribution in [2.75, 3.05) is 0 Å². The summed E-state index contributed by atoms with van der Waals surface area (Å²) in [7, 11) is 0. The number of nitrogens with zero attached hydrogens (tertiary/aromatic N) is 5. The van der Waals surface area contributed by atoms with Crippen LogP contribution in [0.2, 0.25) is 0 Å². The second kappa shape index (κ2) is 6.26. The van der Waals surface area contributed by atoms with Crippen LogP contribution in [0.3, 0.4) is 0 Å². The second-order valence-electron chi connectivity index (χ2n) is 3.49. The zero-order valence-corrected chi connectivity index (χ0v) is 11.0. The molecule has 0 amide bonds. The largest absolute Gasteiger partial charge is 0.370 e. The number of rotatable bonds is 4. The molecule has 0 bridgehead atoms. The number of guanidine groups is 1. The minimum Gasteiger partial charge on any atom is -0.370 e. The van der Waals surface area contributed by atoms with E-state index in [0.29, 0.717) is 15.8 Å². The van der Waals surface area contributed by atoms with Gasteiger partial charge in [-0.2, -0.15) is 10.3 Å². The lowest BCUT2D eigenvalue weighted by Crippen LogP contribution is -2.21. The van der Waals surface area contributed by atoms with Crippen molar-refractivity contribution in [2.24, 2.45) is 21.5 Å². The zero-order chi connectivity index (χ0) is 14.4. The molecule has 2 rings (SSSR count). The standard InChI is InChI=1S/C11H10N8S/c12-5-15-6-16-8-3-1-2-7(4-8)9-18-19-11(20-9)17-10(13)14/h1-4,6H,(H,15,16)(H4,13,14,17,19). The average Bonchev–Trinajstić information content (AvgIpc) is 2.87. The highest BCUT2D eigenvalue weighted by Crippen LogP contribution is 2.29. The van der Waals surface area contributed by atoms with Crippen molar-refractivity contribution >= 4 is 34.5 Å². The second-order valence-corrected chi connectivity index (χ2v) is 4.45. The Morgan fingerprint density at radius 3 is 3.00 bits per heavy atom. The number of nitriles is 1. The van der Waals surface area contributed by atoms with E-state index < -0.39 is 0 Å². The zero-order valence-electron chi connectivity index (χ0n) is 10.2. The Kier molecular flexibility index (Phi) is 4.21. The first-order valence-corrected chi connectivity index (χ1v) is 6.21. The van der Waals surface area contributed by atoms with Gasteiger partial charge in [-0.05, 0) is 12.1 Å². The smallest absolute Gasteiger partial charge is 0.235 e. The summed E-state index contributed by atoms with van der Waals surface area (Å²) in [6.07, 6.45) is 3.06. The Bertz CT molecular complexity index is 692. The summed E-state index contributed by atoms with van der Waals surface area (Å²) in [5.74, 6) is -0.0615. The van der Waals surface area contributed by atoms with E-state index in [2.05, 4.69) is 25.5 Å². The van der Waals surface area contributed by atoms with Crippen molar-refractivity contribution in [1.29, 1.82) is 5.26 Å². The van der Waals surface area contributed by atoms with Crippen molar-refractivity contribution in [3.63, 3.8) is 0 Å². The molecule has 0 atom stereocenters. The summed E-state index contributed by atoms with van der Waals surface area (Å²) in [5.41, 5.74) is 12.1. The Morgan fingerprint density at radius 1 is 1.40 bits per heavy atom. The maximum absolute atomic E-state index is 8.35. The lowest BCUT2D eigenvalue weighted by molar-refractivity contribution is 1.08. The van der Waals surface area contributed by atoms with Crippen LogP contribution in [0, 0.1) is 11.5 Å². The van der Waals surface area contributed by atoms with Gasteiger partial charge in [0.25, 0.3) is 0 Å². The molecule has 0 aliphatic rings. The summed E-state index contributed by atoms with van der Waals surface area (Å²) < 4.78 is 0. The molecule has 8 nitrogen and oxygen atoms in total. The molecule has 2 aromatic rings. The van der Waals surface area contributed by atoms with Crippen LogP contribution in [0.15, 0.2) is 34.3 Å². The minimum atomic E-state index is -0.0615. The lowest BCUT2D eigenvalue weighted by atomic mass is 10.2. The monoisotopic (exact) mass is 286 g/mol. The van der Waals surface area contributed by atoms with Gasteiger partial charge in [-0.3, -0.25) is 5.32 Å². The fraction of sp³-hybridized carbons (Fsp3) is 0. The molecule has 1 aromatic heterocycles. The SMILES string of the molecule is N#CNC=Nc1cccc(-c2nnc(N=C(N)N)s2)c1. The highest BCUT2D eigenvalue weighted by molar-refractivity contribution is 7.18. The first kappa shape index (κ1) is 13.4. The summed E-state index contributed by atoms with van der Waals surface area (Å²) in [4.78, 5) is 7.90. The molecule has 0 saturated heterocycles. The van der Waals surface area contributed by atoms with Crippen molar-refractivity contribution in [1.82, 2.24) is 15.5 Å². The molecule has 9 heteroatoms. The van der Waals surface area contributed by atoms with Crippen molar-refractivity contribution in [2.45, 2.75) is 0 Å². The lowest BCUT2D eigenvalue weighted by Gasteiger charge is -1.97. The van der Waals surface area contributed by atoms with Gasteiger partial charge >= 0.3 is 0 Å². The van der Waals surface area contributed by atoms with Gasteiger partial charge in [0.2, 0.25) is 5.13 Å². The molecule has 0 saturated carbocycles. The number of hydrogen-bond acceptors (Lipinski definition) is 6.